The number of hydrogen-bond acceptors (Lipinski definition) is 5. The summed E-state index contributed by atoms with van der Waals surface area (Å²) in [5.74, 6) is 0.353. The lowest BCUT2D eigenvalue weighted by Crippen LogP contribution is -2.10. The third-order valence-corrected chi connectivity index (χ3v) is 5.51. The van der Waals surface area contributed by atoms with Gasteiger partial charge >= 0.3 is 0 Å². The molecule has 0 aliphatic heterocycles. The number of ketones is 1. The summed E-state index contributed by atoms with van der Waals surface area (Å²) in [5.41, 5.74) is 3.62. The Morgan fingerprint density at radius 3 is 2.85 bits per heavy atom. The molecule has 0 spiro atoms. The Labute approximate surface area is 167 Å². The fraction of sp³-hybridized carbons (Fsp3) is 0.316. The van der Waals surface area contributed by atoms with Gasteiger partial charge in [-0.15, -0.1) is 10.2 Å². The van der Waals surface area contributed by atoms with Crippen LogP contribution >= 0.6 is 23.4 Å². The lowest BCUT2D eigenvalue weighted by atomic mass is 10.2. The molecule has 0 aliphatic rings. The number of hydrogen-bond donors (Lipinski definition) is 0. The molecule has 0 radical (unpaired) electrons. The first-order chi connectivity index (χ1) is 13.0. The molecule has 0 N–H and O–H groups in total. The molecular weight excluding hydrogens is 384 g/mol. The first-order valence-electron chi connectivity index (χ1n) is 8.49. The number of methoxy groups -OCH3 is 1. The van der Waals surface area contributed by atoms with E-state index in [2.05, 4.69) is 14.8 Å². The molecule has 3 rings (SSSR count). The van der Waals surface area contributed by atoms with Crippen LogP contribution in [0.2, 0.25) is 5.02 Å². The Bertz CT molecular complexity index is 951. The number of ether oxygens (including phenoxy) is 1. The van der Waals surface area contributed by atoms with E-state index in [4.69, 9.17) is 16.3 Å². The fourth-order valence-electron chi connectivity index (χ4n) is 2.94. The summed E-state index contributed by atoms with van der Waals surface area (Å²) in [5, 5.41) is 9.39. The molecule has 1 aromatic carbocycles. The number of aromatic nitrogens is 4. The van der Waals surface area contributed by atoms with Crippen molar-refractivity contribution < 1.29 is 9.53 Å². The van der Waals surface area contributed by atoms with E-state index >= 15 is 0 Å². The number of thioether (sulfide) groups is 1. The van der Waals surface area contributed by atoms with Crippen molar-refractivity contribution in [2.45, 2.75) is 25.5 Å². The van der Waals surface area contributed by atoms with Crippen molar-refractivity contribution in [3.63, 3.8) is 0 Å². The van der Waals surface area contributed by atoms with Gasteiger partial charge in [-0.1, -0.05) is 29.4 Å². The zero-order valence-electron chi connectivity index (χ0n) is 15.5. The molecule has 2 heterocycles. The Hall–Kier alpha value is -2.09. The predicted molar refractivity (Wildman–Crippen MR) is 107 cm³/mol. The summed E-state index contributed by atoms with van der Waals surface area (Å²) in [4.78, 5) is 12.8. The van der Waals surface area contributed by atoms with Crippen molar-refractivity contribution in [2.24, 2.45) is 0 Å². The molecule has 3 aromatic rings. The van der Waals surface area contributed by atoms with Gasteiger partial charge in [0.15, 0.2) is 10.9 Å². The number of rotatable bonds is 8. The zero-order valence-corrected chi connectivity index (χ0v) is 17.0. The molecule has 0 amide bonds. The van der Waals surface area contributed by atoms with Crippen molar-refractivity contribution in [3.05, 3.63) is 58.6 Å². The van der Waals surface area contributed by atoms with E-state index in [-0.39, 0.29) is 11.5 Å². The van der Waals surface area contributed by atoms with Crippen LogP contribution in [0.1, 0.15) is 21.7 Å². The molecular formula is C19H21ClN4O2S. The van der Waals surface area contributed by atoms with Gasteiger partial charge in [0.2, 0.25) is 0 Å². The molecule has 0 fully saturated rings. The lowest BCUT2D eigenvalue weighted by molar-refractivity contribution is 0.102. The molecule has 0 saturated heterocycles. The molecule has 0 bridgehead atoms. The minimum Gasteiger partial charge on any atom is -0.383 e. The van der Waals surface area contributed by atoms with E-state index in [0.29, 0.717) is 16.8 Å². The highest BCUT2D eigenvalue weighted by molar-refractivity contribution is 7.99. The van der Waals surface area contributed by atoms with Gasteiger partial charge in [-0.3, -0.25) is 9.36 Å². The van der Waals surface area contributed by atoms with E-state index in [1.165, 1.54) is 11.8 Å². The molecule has 0 unspecified atom stereocenters. The monoisotopic (exact) mass is 404 g/mol. The summed E-state index contributed by atoms with van der Waals surface area (Å²) in [6.07, 6.45) is 1.62. The number of Topliss-reactive ketones (excluding diaryl/α,β-unsaturated/α-hetero) is 1. The van der Waals surface area contributed by atoms with E-state index in [9.17, 15) is 4.79 Å². The van der Waals surface area contributed by atoms with Crippen LogP contribution in [0.3, 0.4) is 0 Å². The molecule has 2 aromatic heterocycles. The third-order valence-electron chi connectivity index (χ3n) is 4.33. The van der Waals surface area contributed by atoms with E-state index in [1.54, 1.807) is 13.4 Å². The largest absolute Gasteiger partial charge is 0.383 e. The second-order valence-corrected chi connectivity index (χ2v) is 7.48. The van der Waals surface area contributed by atoms with Crippen LogP contribution < -0.4 is 0 Å². The number of benzene rings is 1. The van der Waals surface area contributed by atoms with Crippen LogP contribution in [-0.4, -0.2) is 44.6 Å². The number of carbonyl (C=O) groups is 1. The van der Waals surface area contributed by atoms with E-state index in [0.717, 1.165) is 29.2 Å². The molecule has 0 aliphatic carbocycles. The molecule has 0 saturated carbocycles. The topological polar surface area (TPSA) is 61.9 Å². The van der Waals surface area contributed by atoms with Gasteiger partial charge in [-0.2, -0.15) is 0 Å². The van der Waals surface area contributed by atoms with Gasteiger partial charge in [-0.05, 0) is 38.1 Å². The first-order valence-corrected chi connectivity index (χ1v) is 9.85. The Balaban J connectivity index is 1.73. The lowest BCUT2D eigenvalue weighted by Gasteiger charge is -2.09. The summed E-state index contributed by atoms with van der Waals surface area (Å²) >= 11 is 7.43. The summed E-state index contributed by atoms with van der Waals surface area (Å²) in [6, 6.07) is 9.37. The smallest absolute Gasteiger partial charge is 0.196 e. The quantitative estimate of drug-likeness (QED) is 0.420. The Morgan fingerprint density at radius 1 is 1.30 bits per heavy atom. The minimum absolute atomic E-state index is 0.0670. The van der Waals surface area contributed by atoms with E-state index in [1.807, 2.05) is 48.7 Å². The van der Waals surface area contributed by atoms with Gasteiger partial charge in [0.25, 0.3) is 0 Å². The molecule has 27 heavy (non-hydrogen) atoms. The van der Waals surface area contributed by atoms with Crippen LogP contribution in [0.5, 0.6) is 0 Å². The molecule has 6 nitrogen and oxygen atoms in total. The van der Waals surface area contributed by atoms with Crippen molar-refractivity contribution in [1.29, 1.82) is 0 Å². The average molecular weight is 405 g/mol. The third kappa shape index (κ3) is 4.43. The van der Waals surface area contributed by atoms with Crippen molar-refractivity contribution in [1.82, 2.24) is 19.3 Å². The maximum absolute atomic E-state index is 12.8. The van der Waals surface area contributed by atoms with Crippen molar-refractivity contribution in [2.75, 3.05) is 19.5 Å². The molecule has 8 heteroatoms. The molecule has 142 valence electrons. The van der Waals surface area contributed by atoms with Gasteiger partial charge in [-0.25, -0.2) is 0 Å². The minimum atomic E-state index is 0.0670. The van der Waals surface area contributed by atoms with Crippen LogP contribution in [0.25, 0.3) is 5.69 Å². The van der Waals surface area contributed by atoms with Crippen LogP contribution in [0.15, 0.2) is 41.8 Å². The number of halogens is 1. The van der Waals surface area contributed by atoms with Crippen LogP contribution in [-0.2, 0) is 11.3 Å². The Morgan fingerprint density at radius 2 is 2.11 bits per heavy atom. The SMILES string of the molecule is COCCn1c(C)cc(C(=O)CSc2nncn2-c2cccc(Cl)c2)c1C. The maximum Gasteiger partial charge on any atom is 0.196 e. The summed E-state index contributed by atoms with van der Waals surface area (Å²) < 4.78 is 9.08. The highest BCUT2D eigenvalue weighted by Gasteiger charge is 2.17. The van der Waals surface area contributed by atoms with Gasteiger partial charge in [0.05, 0.1) is 18.0 Å². The zero-order chi connectivity index (χ0) is 19.4. The number of aryl methyl sites for hydroxylation is 1. The predicted octanol–water partition coefficient (Wildman–Crippen LogP) is 3.96. The van der Waals surface area contributed by atoms with Gasteiger partial charge < -0.3 is 9.30 Å². The van der Waals surface area contributed by atoms with Gasteiger partial charge in [0.1, 0.15) is 6.33 Å². The summed E-state index contributed by atoms with van der Waals surface area (Å²) in [7, 11) is 1.67. The number of nitrogens with zero attached hydrogens (tertiary/aromatic N) is 4. The van der Waals surface area contributed by atoms with Crippen molar-refractivity contribution >= 4 is 29.1 Å². The second-order valence-electron chi connectivity index (χ2n) is 6.10. The maximum atomic E-state index is 12.8. The fourth-order valence-corrected chi connectivity index (χ4v) is 3.94. The normalized spacial score (nSPS) is 11.1. The first kappa shape index (κ1) is 19.7. The average Bonchev–Trinajstić information content (AvgIpc) is 3.23. The highest BCUT2D eigenvalue weighted by atomic mass is 35.5. The van der Waals surface area contributed by atoms with Crippen LogP contribution in [0.4, 0.5) is 0 Å². The Kier molecular flexibility index (Phi) is 6.36. The molecule has 0 atom stereocenters. The van der Waals surface area contributed by atoms with Gasteiger partial charge in [0, 0.05) is 35.6 Å². The van der Waals surface area contributed by atoms with Crippen molar-refractivity contribution in [3.8, 4) is 5.69 Å². The second kappa shape index (κ2) is 8.73. The van der Waals surface area contributed by atoms with Crippen LogP contribution in [0, 0.1) is 13.8 Å². The summed E-state index contributed by atoms with van der Waals surface area (Å²) in [6.45, 7) is 5.32. The van der Waals surface area contributed by atoms with E-state index < -0.39 is 0 Å². The highest BCUT2D eigenvalue weighted by Crippen LogP contribution is 2.24. The standard InChI is InChI=1S/C19H21ClN4O2S/c1-13-9-17(14(2)23(13)7-8-26-3)18(25)11-27-19-22-21-12-24(19)16-6-4-5-15(20)10-16/h4-6,9-10,12H,7-8,11H2,1-3H3. The number of carbonyl (C=O) groups excluding carboxylic acids is 1.